The summed E-state index contributed by atoms with van der Waals surface area (Å²) in [6, 6.07) is 17.7. The van der Waals surface area contributed by atoms with Crippen LogP contribution >= 0.6 is 27.9 Å². The van der Waals surface area contributed by atoms with Crippen LogP contribution in [0.25, 0.3) is 0 Å². The van der Waals surface area contributed by atoms with Gasteiger partial charge < -0.3 is 0 Å². The molecule has 0 fully saturated rings. The zero-order chi connectivity index (χ0) is 15.7. The van der Waals surface area contributed by atoms with E-state index in [1.807, 2.05) is 12.1 Å². The number of hydrogen-bond donors (Lipinski definition) is 0. The van der Waals surface area contributed by atoms with Gasteiger partial charge in [0.05, 0.1) is 6.42 Å². The molecule has 0 aromatic heterocycles. The molecule has 21 heavy (non-hydrogen) atoms. The molecule has 0 aliphatic carbocycles. The second kappa shape index (κ2) is 10.2. The SMILES string of the molecule is O=C(CC(=O)c1ccccc1)c1ccccc1.[Cl][Ti]([Cl])[Cl]. The number of benzene rings is 2. The topological polar surface area (TPSA) is 34.1 Å². The molecule has 0 aliphatic heterocycles. The second-order valence-electron chi connectivity index (χ2n) is 3.97. The standard InChI is InChI=1S/C15H12O2.3ClH.Ti/c16-14(12-7-3-1-4-8-12)11-15(17)13-9-5-2-6-10-13;;;;/h1-10H,11H2;3*1H;/q;;;;+3/p-3. The summed E-state index contributed by atoms with van der Waals surface area (Å²) in [5.41, 5.74) is 1.16. The van der Waals surface area contributed by atoms with Gasteiger partial charge >= 0.3 is 42.6 Å². The number of Topliss-reactive ketones (excluding diaryl/α,β-unsaturated/α-hetero) is 2. The molecular formula is C15H12Cl3O2Ti. The number of carbonyl (C=O) groups excluding carboxylic acids is 2. The molecule has 0 spiro atoms. The number of hydrogen-bond acceptors (Lipinski definition) is 2. The maximum atomic E-state index is 11.8. The van der Waals surface area contributed by atoms with Crippen LogP contribution in [0, 0.1) is 0 Å². The summed E-state index contributed by atoms with van der Waals surface area (Å²) in [5.74, 6) is -0.279. The van der Waals surface area contributed by atoms with E-state index >= 15 is 0 Å². The summed E-state index contributed by atoms with van der Waals surface area (Å²) in [7, 11) is 14.9. The van der Waals surface area contributed by atoms with Crippen LogP contribution in [-0.2, 0) is 14.7 Å². The van der Waals surface area contributed by atoms with Crippen molar-refractivity contribution in [2.75, 3.05) is 0 Å². The first-order valence-corrected chi connectivity index (χ1v) is 12.4. The minimum absolute atomic E-state index is 0.0754. The van der Waals surface area contributed by atoms with Crippen LogP contribution < -0.4 is 0 Å². The molecule has 2 rings (SSSR count). The molecule has 0 unspecified atom stereocenters. The third-order valence-electron chi connectivity index (χ3n) is 2.51. The van der Waals surface area contributed by atoms with Crippen LogP contribution in [0.15, 0.2) is 60.7 Å². The first kappa shape index (κ1) is 18.4. The van der Waals surface area contributed by atoms with Crippen molar-refractivity contribution in [2.24, 2.45) is 0 Å². The molecule has 0 heterocycles. The average Bonchev–Trinajstić information content (AvgIpc) is 2.48. The zero-order valence-corrected chi connectivity index (χ0v) is 14.8. The monoisotopic (exact) mass is 377 g/mol. The Hall–Kier alpha value is -0.636. The van der Waals surface area contributed by atoms with Crippen molar-refractivity contribution in [1.29, 1.82) is 0 Å². The second-order valence-corrected chi connectivity index (χ2v) is 11.7. The summed E-state index contributed by atoms with van der Waals surface area (Å²) in [4.78, 5) is 23.6. The molecule has 0 saturated heterocycles. The number of halogens is 3. The first-order valence-electron chi connectivity index (χ1n) is 6.00. The number of ketones is 2. The molecule has 0 amide bonds. The van der Waals surface area contributed by atoms with E-state index in [4.69, 9.17) is 27.9 Å². The Balaban J connectivity index is 0.000000491. The molecule has 2 nitrogen and oxygen atoms in total. The molecule has 0 atom stereocenters. The van der Waals surface area contributed by atoms with Crippen LogP contribution in [0.4, 0.5) is 0 Å². The van der Waals surface area contributed by atoms with Gasteiger partial charge in [-0.05, 0) is 0 Å². The summed E-state index contributed by atoms with van der Waals surface area (Å²) in [6.45, 7) is 0. The van der Waals surface area contributed by atoms with E-state index < -0.39 is 14.7 Å². The van der Waals surface area contributed by atoms with Gasteiger partial charge in [0.2, 0.25) is 0 Å². The molecule has 2 aromatic rings. The van der Waals surface area contributed by atoms with Crippen LogP contribution in [0.1, 0.15) is 27.1 Å². The van der Waals surface area contributed by atoms with Crippen molar-refractivity contribution in [2.45, 2.75) is 6.42 Å². The minimum atomic E-state index is -1.92. The van der Waals surface area contributed by atoms with E-state index in [0.717, 1.165) is 0 Å². The fourth-order valence-corrected chi connectivity index (χ4v) is 1.60. The predicted molar refractivity (Wildman–Crippen MR) is 83.7 cm³/mol. The Kier molecular flexibility index (Phi) is 8.90. The molecule has 2 aromatic carbocycles. The Labute approximate surface area is 141 Å². The Morgan fingerprint density at radius 2 is 1.00 bits per heavy atom. The van der Waals surface area contributed by atoms with Crippen molar-refractivity contribution in [3.05, 3.63) is 71.8 Å². The third-order valence-corrected chi connectivity index (χ3v) is 2.51. The molecule has 0 bridgehead atoms. The van der Waals surface area contributed by atoms with Crippen molar-refractivity contribution < 1.29 is 24.3 Å². The van der Waals surface area contributed by atoms with E-state index in [1.165, 1.54) is 0 Å². The molecule has 0 N–H and O–H groups in total. The van der Waals surface area contributed by atoms with Crippen LogP contribution in [0.3, 0.4) is 0 Å². The van der Waals surface area contributed by atoms with E-state index in [2.05, 4.69) is 0 Å². The van der Waals surface area contributed by atoms with Crippen molar-refractivity contribution in [3.63, 3.8) is 0 Å². The van der Waals surface area contributed by atoms with E-state index in [9.17, 15) is 9.59 Å². The van der Waals surface area contributed by atoms with Gasteiger partial charge in [0, 0.05) is 11.1 Å². The summed E-state index contributed by atoms with van der Waals surface area (Å²) in [5, 5.41) is 0. The fraction of sp³-hybridized carbons (Fsp3) is 0.0667. The fourth-order valence-electron chi connectivity index (χ4n) is 1.60. The van der Waals surface area contributed by atoms with Crippen molar-refractivity contribution in [1.82, 2.24) is 0 Å². The zero-order valence-electron chi connectivity index (χ0n) is 10.9. The molecule has 0 radical (unpaired) electrons. The van der Waals surface area contributed by atoms with Crippen LogP contribution in [0.5, 0.6) is 0 Å². The number of carbonyl (C=O) groups is 2. The quantitative estimate of drug-likeness (QED) is 0.416. The molecule has 6 heteroatoms. The van der Waals surface area contributed by atoms with E-state index in [0.29, 0.717) is 11.1 Å². The van der Waals surface area contributed by atoms with E-state index in [1.54, 1.807) is 48.5 Å². The molecule has 0 aliphatic rings. The van der Waals surface area contributed by atoms with Gasteiger partial charge in [0.15, 0.2) is 11.6 Å². The molecule has 0 saturated carbocycles. The van der Waals surface area contributed by atoms with Gasteiger partial charge in [0.25, 0.3) is 0 Å². The number of rotatable bonds is 4. The van der Waals surface area contributed by atoms with Gasteiger partial charge in [-0.15, -0.1) is 0 Å². The van der Waals surface area contributed by atoms with Crippen molar-refractivity contribution in [3.8, 4) is 0 Å². The van der Waals surface area contributed by atoms with Crippen LogP contribution in [-0.4, -0.2) is 11.6 Å². The van der Waals surface area contributed by atoms with Gasteiger partial charge in [0.1, 0.15) is 0 Å². The summed E-state index contributed by atoms with van der Waals surface area (Å²) < 4.78 is 0. The van der Waals surface area contributed by atoms with Crippen molar-refractivity contribution >= 4 is 39.5 Å². The summed E-state index contributed by atoms with van der Waals surface area (Å²) in [6.07, 6.45) is -0.0754. The van der Waals surface area contributed by atoms with Gasteiger partial charge in [-0.2, -0.15) is 0 Å². The van der Waals surface area contributed by atoms with Gasteiger partial charge in [-0.25, -0.2) is 0 Å². The first-order chi connectivity index (χ1) is 10.0. The van der Waals surface area contributed by atoms with Gasteiger partial charge in [-0.3, -0.25) is 9.59 Å². The predicted octanol–water partition coefficient (Wildman–Crippen LogP) is 5.21. The molecular weight excluding hydrogens is 366 g/mol. The Morgan fingerprint density at radius 1 is 0.714 bits per heavy atom. The van der Waals surface area contributed by atoms with E-state index in [-0.39, 0.29) is 18.0 Å². The maximum absolute atomic E-state index is 11.8. The normalized spacial score (nSPS) is 9.29. The van der Waals surface area contributed by atoms with Crippen LogP contribution in [0.2, 0.25) is 0 Å². The average molecular weight is 378 g/mol. The summed E-state index contributed by atoms with van der Waals surface area (Å²) >= 11 is -1.92. The molecule has 109 valence electrons. The third kappa shape index (κ3) is 7.80. The van der Waals surface area contributed by atoms with Gasteiger partial charge in [-0.1, -0.05) is 60.7 Å². The Bertz CT molecular complexity index is 522. The Morgan fingerprint density at radius 3 is 1.29 bits per heavy atom.